The van der Waals surface area contributed by atoms with Crippen molar-refractivity contribution in [2.75, 3.05) is 13.1 Å². The van der Waals surface area contributed by atoms with E-state index in [9.17, 15) is 24.0 Å². The molecule has 1 saturated carbocycles. The first-order valence-electron chi connectivity index (χ1n) is 13.4. The van der Waals surface area contributed by atoms with Crippen LogP contribution in [0.3, 0.4) is 0 Å². The molecule has 1 aliphatic carbocycles. The minimum atomic E-state index is -1.22. The Labute approximate surface area is 246 Å². The first-order chi connectivity index (χ1) is 18.4. The topological polar surface area (TPSA) is 134 Å². The summed E-state index contributed by atoms with van der Waals surface area (Å²) in [6, 6.07) is -3.30. The molecule has 2 unspecified atom stereocenters. The average molecular weight is 602 g/mol. The number of hydrogen-bond donors (Lipinski definition) is 3. The van der Waals surface area contributed by atoms with Gasteiger partial charge in [-0.1, -0.05) is 32.9 Å². The van der Waals surface area contributed by atoms with Crippen molar-refractivity contribution < 1.29 is 28.7 Å². The molecule has 1 aliphatic heterocycles. The number of halogens is 2. The maximum absolute atomic E-state index is 13.9. The lowest BCUT2D eigenvalue weighted by Crippen LogP contribution is -2.61. The van der Waals surface area contributed by atoms with Crippen LogP contribution < -0.4 is 16.0 Å². The lowest BCUT2D eigenvalue weighted by Gasteiger charge is -2.37. The fraction of sp³-hybridized carbons (Fsp3) is 0.679. The van der Waals surface area contributed by atoms with E-state index in [0.29, 0.717) is 12.8 Å². The van der Waals surface area contributed by atoms with Crippen molar-refractivity contribution in [3.63, 3.8) is 0 Å². The highest BCUT2D eigenvalue weighted by Crippen LogP contribution is 2.65. The number of carbonyl (C=O) groups excluding carboxylic acids is 5. The van der Waals surface area contributed by atoms with E-state index in [1.54, 1.807) is 53.7 Å². The number of hydrogen-bond acceptors (Lipinski definition) is 6. The Hall–Kier alpha value is -2.59. The molecular formula is C28H42Cl2N4O6. The molecular weight excluding hydrogens is 559 g/mol. The van der Waals surface area contributed by atoms with E-state index in [4.69, 9.17) is 27.9 Å². The van der Waals surface area contributed by atoms with E-state index < -0.39 is 69.0 Å². The van der Waals surface area contributed by atoms with Gasteiger partial charge in [0.25, 0.3) is 5.91 Å². The number of nitrogens with zero attached hydrogens (tertiary/aromatic N) is 1. The van der Waals surface area contributed by atoms with Crippen molar-refractivity contribution in [2.45, 2.75) is 88.9 Å². The molecule has 0 radical (unpaired) electrons. The van der Waals surface area contributed by atoms with Crippen LogP contribution in [0.2, 0.25) is 0 Å². The summed E-state index contributed by atoms with van der Waals surface area (Å²) in [5.74, 6) is -3.77. The van der Waals surface area contributed by atoms with Crippen molar-refractivity contribution in [2.24, 2.45) is 17.3 Å². The van der Waals surface area contributed by atoms with Crippen molar-refractivity contribution in [3.8, 4) is 0 Å². The highest BCUT2D eigenvalue weighted by atomic mass is 35.5. The summed E-state index contributed by atoms with van der Waals surface area (Å²) in [4.78, 5) is 66.8. The zero-order valence-corrected chi connectivity index (χ0v) is 25.7. The molecule has 2 fully saturated rings. The molecule has 2 rings (SSSR count). The summed E-state index contributed by atoms with van der Waals surface area (Å²) in [5.41, 5.74) is -1.53. The van der Waals surface area contributed by atoms with Gasteiger partial charge in [-0.2, -0.15) is 0 Å². The predicted molar refractivity (Wildman–Crippen MR) is 154 cm³/mol. The lowest BCUT2D eigenvalue weighted by molar-refractivity contribution is -0.145. The maximum Gasteiger partial charge on any atom is 0.408 e. The number of alkyl carbamates (subject to hydrolysis) is 1. The van der Waals surface area contributed by atoms with Crippen molar-refractivity contribution in [1.82, 2.24) is 20.9 Å². The number of amides is 4. The summed E-state index contributed by atoms with van der Waals surface area (Å²) < 4.78 is 4.13. The largest absolute Gasteiger partial charge is 0.444 e. The van der Waals surface area contributed by atoms with Gasteiger partial charge in [-0.3, -0.25) is 19.2 Å². The van der Waals surface area contributed by atoms with Gasteiger partial charge in [0.1, 0.15) is 22.0 Å². The van der Waals surface area contributed by atoms with Gasteiger partial charge in [-0.15, -0.1) is 36.4 Å². The molecule has 4 amide bonds. The summed E-state index contributed by atoms with van der Waals surface area (Å²) in [7, 11) is 0. The molecule has 2 aliphatic rings. The van der Waals surface area contributed by atoms with E-state index in [-0.39, 0.29) is 25.4 Å². The van der Waals surface area contributed by atoms with Gasteiger partial charge in [0.05, 0.1) is 6.04 Å². The molecule has 5 atom stereocenters. The van der Waals surface area contributed by atoms with Crippen LogP contribution in [0.5, 0.6) is 0 Å². The summed E-state index contributed by atoms with van der Waals surface area (Å²) in [5, 5.41) is 7.81. The van der Waals surface area contributed by atoms with Crippen LogP contribution in [-0.2, 0) is 23.9 Å². The second-order valence-electron chi connectivity index (χ2n) is 12.3. The van der Waals surface area contributed by atoms with Crippen LogP contribution >= 0.6 is 23.2 Å². The smallest absolute Gasteiger partial charge is 0.408 e. The number of piperidine rings is 1. The van der Waals surface area contributed by atoms with Crippen LogP contribution in [0.25, 0.3) is 0 Å². The molecule has 3 N–H and O–H groups in total. The molecule has 0 aromatic heterocycles. The summed E-state index contributed by atoms with van der Waals surface area (Å²) >= 11 is 12.9. The Morgan fingerprint density at radius 1 is 1.02 bits per heavy atom. The summed E-state index contributed by atoms with van der Waals surface area (Å²) in [6.45, 7) is 18.0. The number of likely N-dealkylation sites (tertiary alicyclic amines) is 1. The highest BCUT2D eigenvalue weighted by molar-refractivity contribution is 6.51. The van der Waals surface area contributed by atoms with Gasteiger partial charge in [-0.05, 0) is 45.4 Å². The van der Waals surface area contributed by atoms with Gasteiger partial charge in [0.2, 0.25) is 17.6 Å². The van der Waals surface area contributed by atoms with Crippen molar-refractivity contribution in [1.29, 1.82) is 0 Å². The molecule has 0 aromatic carbocycles. The van der Waals surface area contributed by atoms with Crippen LogP contribution in [0.4, 0.5) is 4.79 Å². The number of carbonyl (C=O) groups is 5. The molecule has 1 saturated heterocycles. The van der Waals surface area contributed by atoms with Crippen LogP contribution in [0.15, 0.2) is 25.3 Å². The minimum Gasteiger partial charge on any atom is -0.444 e. The number of ketones is 1. The Kier molecular flexibility index (Phi) is 10.9. The average Bonchev–Trinajstić information content (AvgIpc) is 3.15. The van der Waals surface area contributed by atoms with Gasteiger partial charge in [0, 0.05) is 24.9 Å². The first-order valence-corrected chi connectivity index (χ1v) is 14.1. The number of rotatable bonds is 12. The third-order valence-electron chi connectivity index (χ3n) is 6.81. The van der Waals surface area contributed by atoms with E-state index in [1.807, 2.05) is 0 Å². The second-order valence-corrected chi connectivity index (χ2v) is 13.8. The number of alkyl halides is 2. The third-order valence-corrected chi connectivity index (χ3v) is 7.87. The number of nitrogens with one attached hydrogen (secondary N) is 3. The fourth-order valence-corrected chi connectivity index (χ4v) is 5.54. The van der Waals surface area contributed by atoms with Gasteiger partial charge < -0.3 is 25.6 Å². The molecule has 0 bridgehead atoms. The lowest BCUT2D eigenvalue weighted by atomic mass is 9.85. The number of fused-ring (bicyclic) bond motifs is 1. The highest BCUT2D eigenvalue weighted by Gasteiger charge is 2.74. The normalized spacial score (nSPS) is 22.7. The first kappa shape index (κ1) is 33.6. The monoisotopic (exact) mass is 600 g/mol. The zero-order chi connectivity index (χ0) is 30.6. The molecule has 0 aromatic rings. The number of allylic oxidation sites excluding steroid dienone is 1. The van der Waals surface area contributed by atoms with Gasteiger partial charge in [-0.25, -0.2) is 4.79 Å². The maximum atomic E-state index is 13.9. The quantitative estimate of drug-likeness (QED) is 0.136. The Morgan fingerprint density at radius 3 is 2.15 bits per heavy atom. The van der Waals surface area contributed by atoms with E-state index >= 15 is 0 Å². The standard InChI is InChI=1S/C28H42Cl2N4O6/c1-9-11-13-17(20(35)23(37)31-14-12-10-2)32-22(36)19-18-16(28(18,29)30)15-34(19)24(38)21(26(3,4)5)33-25(39)40-27(6,7)8/h9-10,16-19,21H,1-2,11-15H2,3-8H3,(H,31,37)(H,32,36)(H,33,39)/t16?,17-,18?,19-,21+/m0/s1. The van der Waals surface area contributed by atoms with E-state index in [1.165, 1.54) is 4.90 Å². The molecule has 1 heterocycles. The Morgan fingerprint density at radius 2 is 1.62 bits per heavy atom. The molecule has 40 heavy (non-hydrogen) atoms. The predicted octanol–water partition coefficient (Wildman–Crippen LogP) is 3.27. The molecule has 0 spiro atoms. The Bertz CT molecular complexity index is 1030. The molecule has 10 nitrogen and oxygen atoms in total. The third kappa shape index (κ3) is 8.22. The zero-order valence-electron chi connectivity index (χ0n) is 24.1. The van der Waals surface area contributed by atoms with E-state index in [0.717, 1.165) is 0 Å². The Balaban J connectivity index is 2.30. The van der Waals surface area contributed by atoms with E-state index in [2.05, 4.69) is 29.1 Å². The van der Waals surface area contributed by atoms with Crippen LogP contribution in [-0.4, -0.2) is 75.6 Å². The van der Waals surface area contributed by atoms with Crippen LogP contribution in [0.1, 0.15) is 60.8 Å². The SMILES string of the molecule is C=CCCNC(=O)C(=O)[C@H](CCC=C)NC(=O)[C@@H]1C2C(CN1C(=O)[C@@H](NC(=O)OC(C)(C)C)C(C)(C)C)C2(Cl)Cl. The molecule has 224 valence electrons. The van der Waals surface area contributed by atoms with Crippen LogP contribution in [0, 0.1) is 17.3 Å². The number of ether oxygens (including phenoxy) is 1. The molecule has 12 heteroatoms. The fourth-order valence-electron chi connectivity index (χ4n) is 4.72. The minimum absolute atomic E-state index is 0.0878. The van der Waals surface area contributed by atoms with Crippen molar-refractivity contribution in [3.05, 3.63) is 25.3 Å². The van der Waals surface area contributed by atoms with Gasteiger partial charge in [0.15, 0.2) is 0 Å². The summed E-state index contributed by atoms with van der Waals surface area (Å²) in [6.07, 6.45) is 3.37. The number of Topliss-reactive ketones (excluding diaryl/α,β-unsaturated/α-hetero) is 1. The van der Waals surface area contributed by atoms with Crippen molar-refractivity contribution >= 4 is 52.8 Å². The second kappa shape index (κ2) is 12.9. The van der Waals surface area contributed by atoms with Gasteiger partial charge >= 0.3 is 6.09 Å².